The van der Waals surface area contributed by atoms with Crippen molar-refractivity contribution in [3.8, 4) is 5.75 Å². The third-order valence-electron chi connectivity index (χ3n) is 6.32. The summed E-state index contributed by atoms with van der Waals surface area (Å²) in [5.74, 6) is 1.73. The smallest absolute Gasteiger partial charge is 0.261 e. The van der Waals surface area contributed by atoms with Gasteiger partial charge in [-0.15, -0.1) is 0 Å². The predicted octanol–water partition coefficient (Wildman–Crippen LogP) is 4.47. The predicted molar refractivity (Wildman–Crippen MR) is 142 cm³/mol. The number of piperazine rings is 1. The third-order valence-corrected chi connectivity index (χ3v) is 8.54. The molecule has 1 saturated heterocycles. The van der Waals surface area contributed by atoms with E-state index in [1.807, 2.05) is 24.3 Å². The monoisotopic (exact) mass is 508 g/mol. The van der Waals surface area contributed by atoms with Crippen molar-refractivity contribution in [2.75, 3.05) is 49.5 Å². The van der Waals surface area contributed by atoms with Gasteiger partial charge in [-0.05, 0) is 72.0 Å². The molecule has 182 valence electrons. The van der Waals surface area contributed by atoms with Crippen LogP contribution in [-0.2, 0) is 16.4 Å². The molecule has 0 atom stereocenters. The molecule has 2 heterocycles. The number of rotatable bonds is 8. The summed E-state index contributed by atoms with van der Waals surface area (Å²) in [6, 6.07) is 22.4. The van der Waals surface area contributed by atoms with E-state index in [1.54, 1.807) is 30.8 Å². The van der Waals surface area contributed by atoms with Crippen LogP contribution in [0.1, 0.15) is 5.56 Å². The summed E-state index contributed by atoms with van der Waals surface area (Å²) in [6.45, 7) is 4.93. The Morgan fingerprint density at radius 1 is 0.943 bits per heavy atom. The number of fused-ring (bicyclic) bond motifs is 1. The van der Waals surface area contributed by atoms with Crippen LogP contribution < -0.4 is 14.4 Å². The van der Waals surface area contributed by atoms with Crippen molar-refractivity contribution in [2.45, 2.75) is 11.3 Å². The molecular weight excluding hydrogens is 480 g/mol. The summed E-state index contributed by atoms with van der Waals surface area (Å²) in [5.41, 5.74) is 1.74. The van der Waals surface area contributed by atoms with E-state index in [4.69, 9.17) is 9.11 Å². The lowest BCUT2D eigenvalue weighted by Gasteiger charge is -2.35. The standard InChI is InChI=1S/C26H28N4O3S2/c1-33-22-10-12-23(13-11-22)35(31,32)28-21-8-6-20(7-9-21)14-15-29-16-18-30(19-17-29)26-24-4-2-3-5-25(24)34-27-26/h2-13,28H,14-19H2,1H3. The van der Waals surface area contributed by atoms with E-state index in [-0.39, 0.29) is 4.90 Å². The molecule has 4 aromatic rings. The third kappa shape index (κ3) is 5.42. The molecule has 1 aliphatic rings. The second kappa shape index (κ2) is 10.2. The Morgan fingerprint density at radius 3 is 2.37 bits per heavy atom. The van der Waals surface area contributed by atoms with Crippen molar-refractivity contribution in [1.82, 2.24) is 9.27 Å². The molecule has 35 heavy (non-hydrogen) atoms. The highest BCUT2D eigenvalue weighted by Gasteiger charge is 2.20. The quantitative estimate of drug-likeness (QED) is 0.379. The lowest BCUT2D eigenvalue weighted by molar-refractivity contribution is 0.261. The molecule has 1 aliphatic heterocycles. The van der Waals surface area contributed by atoms with E-state index in [0.29, 0.717) is 11.4 Å². The number of nitrogens with zero attached hydrogens (tertiary/aromatic N) is 3. The van der Waals surface area contributed by atoms with Crippen molar-refractivity contribution in [1.29, 1.82) is 0 Å². The fraction of sp³-hybridized carbons (Fsp3) is 0.269. The second-order valence-electron chi connectivity index (χ2n) is 8.56. The Bertz CT molecular complexity index is 1380. The lowest BCUT2D eigenvalue weighted by Crippen LogP contribution is -2.47. The molecule has 0 saturated carbocycles. The molecule has 9 heteroatoms. The molecule has 0 radical (unpaired) electrons. The maximum atomic E-state index is 12.6. The number of methoxy groups -OCH3 is 1. The fourth-order valence-electron chi connectivity index (χ4n) is 4.28. The zero-order chi connectivity index (χ0) is 24.3. The van der Waals surface area contributed by atoms with E-state index in [1.165, 1.54) is 27.8 Å². The molecular formula is C26H28N4O3S2. The number of ether oxygens (including phenoxy) is 1. The molecule has 0 bridgehead atoms. The van der Waals surface area contributed by atoms with Crippen molar-refractivity contribution >= 4 is 43.1 Å². The molecule has 1 fully saturated rings. The first-order chi connectivity index (χ1) is 17.0. The van der Waals surface area contributed by atoms with Gasteiger partial charge in [0.05, 0.1) is 16.7 Å². The average molecular weight is 509 g/mol. The van der Waals surface area contributed by atoms with Crippen LogP contribution >= 0.6 is 11.5 Å². The van der Waals surface area contributed by atoms with E-state index in [9.17, 15) is 8.42 Å². The van der Waals surface area contributed by atoms with Gasteiger partial charge in [0.25, 0.3) is 10.0 Å². The van der Waals surface area contributed by atoms with Crippen molar-refractivity contribution in [3.05, 3.63) is 78.4 Å². The van der Waals surface area contributed by atoms with Gasteiger partial charge < -0.3 is 9.64 Å². The second-order valence-corrected chi connectivity index (χ2v) is 11.0. The Kier molecular flexibility index (Phi) is 6.90. The zero-order valence-electron chi connectivity index (χ0n) is 19.6. The van der Waals surface area contributed by atoms with Crippen LogP contribution in [0.2, 0.25) is 0 Å². The van der Waals surface area contributed by atoms with Gasteiger partial charge in [-0.25, -0.2) is 8.42 Å². The maximum absolute atomic E-state index is 12.6. The number of hydrogen-bond donors (Lipinski definition) is 1. The minimum atomic E-state index is -3.64. The Labute approximate surface area is 210 Å². The Balaban J connectivity index is 1.12. The number of aromatic nitrogens is 1. The van der Waals surface area contributed by atoms with Crippen LogP contribution in [0.25, 0.3) is 10.1 Å². The van der Waals surface area contributed by atoms with E-state index in [2.05, 4.69) is 38.8 Å². The molecule has 1 aromatic heterocycles. The highest BCUT2D eigenvalue weighted by molar-refractivity contribution is 7.92. The average Bonchev–Trinajstić information content (AvgIpc) is 3.33. The summed E-state index contributed by atoms with van der Waals surface area (Å²) in [7, 11) is -2.09. The van der Waals surface area contributed by atoms with Gasteiger partial charge in [0.2, 0.25) is 0 Å². The molecule has 5 rings (SSSR count). The molecule has 0 spiro atoms. The molecule has 1 N–H and O–H groups in total. The largest absolute Gasteiger partial charge is 0.497 e. The molecule has 0 unspecified atom stereocenters. The molecule has 3 aromatic carbocycles. The maximum Gasteiger partial charge on any atom is 0.261 e. The molecule has 7 nitrogen and oxygen atoms in total. The highest BCUT2D eigenvalue weighted by Crippen LogP contribution is 2.30. The van der Waals surface area contributed by atoms with Gasteiger partial charge >= 0.3 is 0 Å². The van der Waals surface area contributed by atoms with Gasteiger partial charge in [-0.3, -0.25) is 9.62 Å². The van der Waals surface area contributed by atoms with Crippen LogP contribution in [0.5, 0.6) is 5.75 Å². The highest BCUT2D eigenvalue weighted by atomic mass is 32.2. The van der Waals surface area contributed by atoms with Crippen LogP contribution in [0.4, 0.5) is 11.5 Å². The normalized spacial score (nSPS) is 14.8. The molecule has 0 aliphatic carbocycles. The van der Waals surface area contributed by atoms with E-state index >= 15 is 0 Å². The first-order valence-electron chi connectivity index (χ1n) is 11.6. The van der Waals surface area contributed by atoms with Crippen LogP contribution in [0.3, 0.4) is 0 Å². The van der Waals surface area contributed by atoms with Crippen LogP contribution in [0, 0.1) is 0 Å². The van der Waals surface area contributed by atoms with Gasteiger partial charge in [0.15, 0.2) is 0 Å². The van der Waals surface area contributed by atoms with Crippen molar-refractivity contribution < 1.29 is 13.2 Å². The van der Waals surface area contributed by atoms with Gasteiger partial charge in [0, 0.05) is 43.8 Å². The summed E-state index contributed by atoms with van der Waals surface area (Å²) in [5, 5.41) is 1.24. The minimum Gasteiger partial charge on any atom is -0.497 e. The SMILES string of the molecule is COc1ccc(S(=O)(=O)Nc2ccc(CCN3CCN(c4nsc5ccccc45)CC3)cc2)cc1. The minimum absolute atomic E-state index is 0.201. The lowest BCUT2D eigenvalue weighted by atomic mass is 10.1. The number of benzene rings is 3. The van der Waals surface area contributed by atoms with Gasteiger partial charge in [0.1, 0.15) is 11.6 Å². The van der Waals surface area contributed by atoms with Crippen LogP contribution in [-0.4, -0.2) is 57.5 Å². The van der Waals surface area contributed by atoms with Crippen molar-refractivity contribution in [2.24, 2.45) is 0 Å². The van der Waals surface area contributed by atoms with Crippen molar-refractivity contribution in [3.63, 3.8) is 0 Å². The number of sulfonamides is 1. The Morgan fingerprint density at radius 2 is 1.66 bits per heavy atom. The number of nitrogens with one attached hydrogen (secondary N) is 1. The number of hydrogen-bond acceptors (Lipinski definition) is 7. The summed E-state index contributed by atoms with van der Waals surface area (Å²) < 4.78 is 38.9. The molecule has 0 amide bonds. The first-order valence-corrected chi connectivity index (χ1v) is 13.8. The zero-order valence-corrected chi connectivity index (χ0v) is 21.2. The summed E-state index contributed by atoms with van der Waals surface area (Å²) in [4.78, 5) is 5.07. The Hall–Kier alpha value is -3.14. The van der Waals surface area contributed by atoms with E-state index in [0.717, 1.165) is 45.0 Å². The summed E-state index contributed by atoms with van der Waals surface area (Å²) in [6.07, 6.45) is 0.922. The first kappa shape index (κ1) is 23.6. The fourth-order valence-corrected chi connectivity index (χ4v) is 6.13. The van der Waals surface area contributed by atoms with Gasteiger partial charge in [-0.2, -0.15) is 4.37 Å². The van der Waals surface area contributed by atoms with Gasteiger partial charge in [-0.1, -0.05) is 24.3 Å². The topological polar surface area (TPSA) is 74.8 Å². The van der Waals surface area contributed by atoms with E-state index < -0.39 is 10.0 Å². The number of anilines is 2. The van der Waals surface area contributed by atoms with Crippen LogP contribution in [0.15, 0.2) is 77.7 Å². The summed E-state index contributed by atoms with van der Waals surface area (Å²) >= 11 is 1.57.